The van der Waals surface area contributed by atoms with Gasteiger partial charge in [-0.3, -0.25) is 4.79 Å². The molecule has 13 nitrogen and oxygen atoms in total. The highest BCUT2D eigenvalue weighted by Gasteiger charge is 2.72. The highest BCUT2D eigenvalue weighted by atomic mass is 16.7. The maximum Gasteiger partial charge on any atom is 0.509 e. The molecule has 1 saturated heterocycles. The molecule has 2 unspecified atom stereocenters. The summed E-state index contributed by atoms with van der Waals surface area (Å²) >= 11 is 0. The highest BCUT2D eigenvalue weighted by molar-refractivity contribution is 5.86. The topological polar surface area (TPSA) is 156 Å². The van der Waals surface area contributed by atoms with Crippen LogP contribution in [0.5, 0.6) is 11.5 Å². The molecule has 258 valence electrons. The standard InChI is InChI=1S/C34H45NO12/c1-18(42-29(38)22(17-24(36)46-31(2,3)4)44-30(39)47-32(5,6)7)28(37)43-21-12-13-34(40)23-16-19-10-11-20(41-9)26-25(19)33(34,27(21)45-26)14-15-35(23)8/h10-12,18,22-23,27,40H,13-17H2,1-9H3/t18?,22?,23-,27+,33+,34-/m1/s1. The SMILES string of the molecule is COc1ccc2c3c1O[C@H]1C(OC(=O)C(C)OC(=O)C(CC(=O)OC(C)(C)C)OC(=O)OC(C)(C)C)=CC[C@@]4(O)[C@@H](C2)N(C)CC[C@]314. The Bertz CT molecular complexity index is 1460. The predicted molar refractivity (Wildman–Crippen MR) is 165 cm³/mol. The number of aliphatic hydroxyl groups is 1. The van der Waals surface area contributed by atoms with Crippen molar-refractivity contribution in [2.45, 2.75) is 121 Å². The molecular weight excluding hydrogens is 614 g/mol. The lowest BCUT2D eigenvalue weighted by molar-refractivity contribution is -0.180. The Balaban J connectivity index is 1.35. The van der Waals surface area contributed by atoms with Crippen molar-refractivity contribution in [3.05, 3.63) is 35.1 Å². The lowest BCUT2D eigenvalue weighted by atomic mass is 9.50. The van der Waals surface area contributed by atoms with Gasteiger partial charge in [0.15, 0.2) is 23.7 Å². The summed E-state index contributed by atoms with van der Waals surface area (Å²) in [6, 6.07) is 3.65. The number of benzene rings is 1. The van der Waals surface area contributed by atoms with Crippen LogP contribution in [0.25, 0.3) is 0 Å². The summed E-state index contributed by atoms with van der Waals surface area (Å²) < 4.78 is 38.9. The van der Waals surface area contributed by atoms with E-state index in [1.165, 1.54) is 6.92 Å². The van der Waals surface area contributed by atoms with Gasteiger partial charge < -0.3 is 43.2 Å². The second-order valence-electron chi connectivity index (χ2n) is 14.6. The molecule has 5 rings (SSSR count). The number of piperidine rings is 1. The summed E-state index contributed by atoms with van der Waals surface area (Å²) in [7, 11) is 3.54. The highest BCUT2D eigenvalue weighted by Crippen LogP contribution is 2.65. The van der Waals surface area contributed by atoms with Gasteiger partial charge in [-0.25, -0.2) is 14.4 Å². The van der Waals surface area contributed by atoms with E-state index in [2.05, 4.69) is 4.90 Å². The van der Waals surface area contributed by atoms with Crippen molar-refractivity contribution in [1.29, 1.82) is 0 Å². The van der Waals surface area contributed by atoms with Crippen LogP contribution in [-0.2, 0) is 49.9 Å². The van der Waals surface area contributed by atoms with Gasteiger partial charge in [0.2, 0.25) is 6.10 Å². The Kier molecular flexibility index (Phi) is 8.80. The number of nitrogens with zero attached hydrogens (tertiary/aromatic N) is 1. The molecular formula is C34H45NO12. The van der Waals surface area contributed by atoms with E-state index in [0.29, 0.717) is 30.9 Å². The third kappa shape index (κ3) is 6.27. The first-order valence-electron chi connectivity index (χ1n) is 15.8. The van der Waals surface area contributed by atoms with Crippen LogP contribution in [-0.4, -0.2) is 95.9 Å². The summed E-state index contributed by atoms with van der Waals surface area (Å²) in [6.45, 7) is 11.8. The molecule has 2 aliphatic carbocycles. The molecule has 1 aromatic rings. The second-order valence-corrected chi connectivity index (χ2v) is 14.6. The summed E-state index contributed by atoms with van der Waals surface area (Å²) in [6.07, 6.45) is -2.91. The molecule has 2 heterocycles. The van der Waals surface area contributed by atoms with Gasteiger partial charge in [-0.15, -0.1) is 0 Å². The summed E-state index contributed by atoms with van der Waals surface area (Å²) in [4.78, 5) is 53.7. The fourth-order valence-electron chi connectivity index (χ4n) is 7.18. The molecule has 1 fully saturated rings. The van der Waals surface area contributed by atoms with Crippen molar-refractivity contribution >= 4 is 24.1 Å². The van der Waals surface area contributed by atoms with Crippen molar-refractivity contribution in [2.24, 2.45) is 0 Å². The zero-order chi connectivity index (χ0) is 34.7. The number of rotatable bonds is 8. The summed E-state index contributed by atoms with van der Waals surface area (Å²) in [5, 5.41) is 12.4. The zero-order valence-electron chi connectivity index (χ0n) is 28.5. The van der Waals surface area contributed by atoms with Gasteiger partial charge in [0.25, 0.3) is 0 Å². The molecule has 1 spiro atoms. The van der Waals surface area contributed by atoms with Crippen LogP contribution in [0.15, 0.2) is 24.0 Å². The molecule has 0 amide bonds. The van der Waals surface area contributed by atoms with E-state index in [4.69, 9.17) is 33.2 Å². The van der Waals surface area contributed by atoms with Crippen molar-refractivity contribution in [3.63, 3.8) is 0 Å². The van der Waals surface area contributed by atoms with E-state index < -0.39 is 71.0 Å². The van der Waals surface area contributed by atoms with Crippen LogP contribution in [0.3, 0.4) is 0 Å². The smallest absolute Gasteiger partial charge is 0.493 e. The van der Waals surface area contributed by atoms with Crippen LogP contribution >= 0.6 is 0 Å². The zero-order valence-corrected chi connectivity index (χ0v) is 28.5. The minimum atomic E-state index is -1.75. The Morgan fingerprint density at radius 3 is 2.36 bits per heavy atom. The van der Waals surface area contributed by atoms with Crippen LogP contribution in [0.2, 0.25) is 0 Å². The van der Waals surface area contributed by atoms with Gasteiger partial charge in [0.1, 0.15) is 17.0 Å². The number of hydrogen-bond acceptors (Lipinski definition) is 13. The number of methoxy groups -OCH3 is 1. The van der Waals surface area contributed by atoms with Crippen LogP contribution in [0.1, 0.15) is 78.9 Å². The van der Waals surface area contributed by atoms with Gasteiger partial charge in [0.05, 0.1) is 24.5 Å². The number of carbonyl (C=O) groups excluding carboxylic acids is 4. The Hall–Kier alpha value is -3.84. The molecule has 0 radical (unpaired) electrons. The maximum atomic E-state index is 13.4. The van der Waals surface area contributed by atoms with Gasteiger partial charge in [-0.2, -0.15) is 0 Å². The van der Waals surface area contributed by atoms with E-state index >= 15 is 0 Å². The van der Waals surface area contributed by atoms with Gasteiger partial charge in [-0.1, -0.05) is 6.07 Å². The minimum absolute atomic E-state index is 0.186. The minimum Gasteiger partial charge on any atom is -0.493 e. The Morgan fingerprint density at radius 1 is 1.04 bits per heavy atom. The van der Waals surface area contributed by atoms with E-state index in [0.717, 1.165) is 11.1 Å². The van der Waals surface area contributed by atoms with E-state index in [1.807, 2.05) is 19.2 Å². The van der Waals surface area contributed by atoms with Crippen molar-refractivity contribution in [1.82, 2.24) is 4.90 Å². The molecule has 6 atom stereocenters. The second kappa shape index (κ2) is 12.0. The van der Waals surface area contributed by atoms with Gasteiger partial charge >= 0.3 is 24.1 Å². The third-order valence-electron chi connectivity index (χ3n) is 9.06. The molecule has 47 heavy (non-hydrogen) atoms. The van der Waals surface area contributed by atoms with E-state index in [-0.39, 0.29) is 18.2 Å². The van der Waals surface area contributed by atoms with E-state index in [9.17, 15) is 24.3 Å². The molecule has 0 saturated carbocycles. The fraction of sp³-hybridized carbons (Fsp3) is 0.647. The monoisotopic (exact) mass is 659 g/mol. The van der Waals surface area contributed by atoms with Crippen LogP contribution in [0.4, 0.5) is 4.79 Å². The number of hydrogen-bond donors (Lipinski definition) is 1. The number of carbonyl (C=O) groups is 4. The number of likely N-dealkylation sites (N-methyl/N-ethyl adjacent to an activating group) is 1. The first-order valence-corrected chi connectivity index (χ1v) is 15.8. The van der Waals surface area contributed by atoms with Crippen LogP contribution in [0, 0.1) is 0 Å². The van der Waals surface area contributed by atoms with Gasteiger partial charge in [0, 0.05) is 18.0 Å². The normalized spacial score (nSPS) is 27.2. The third-order valence-corrected chi connectivity index (χ3v) is 9.06. The molecule has 13 heteroatoms. The van der Waals surface area contributed by atoms with Crippen molar-refractivity contribution in [2.75, 3.05) is 20.7 Å². The molecule has 2 bridgehead atoms. The fourth-order valence-corrected chi connectivity index (χ4v) is 7.18. The number of ether oxygens (including phenoxy) is 7. The Labute approximate surface area is 274 Å². The van der Waals surface area contributed by atoms with E-state index in [1.54, 1.807) is 54.7 Å². The van der Waals surface area contributed by atoms with Crippen molar-refractivity contribution < 1.29 is 57.4 Å². The summed E-state index contributed by atoms with van der Waals surface area (Å²) in [5.74, 6) is -1.69. The average Bonchev–Trinajstić information content (AvgIpc) is 3.30. The van der Waals surface area contributed by atoms with Crippen molar-refractivity contribution in [3.8, 4) is 11.5 Å². The number of likely N-dealkylation sites (tertiary alicyclic amines) is 1. The molecule has 1 N–H and O–H groups in total. The van der Waals surface area contributed by atoms with Gasteiger partial charge in [-0.05, 0) is 92.6 Å². The average molecular weight is 660 g/mol. The molecule has 0 aromatic heterocycles. The first kappa shape index (κ1) is 34.5. The first-order chi connectivity index (χ1) is 21.8. The molecule has 4 aliphatic rings. The lowest BCUT2D eigenvalue weighted by Crippen LogP contribution is -2.74. The lowest BCUT2D eigenvalue weighted by Gasteiger charge is -2.61. The largest absolute Gasteiger partial charge is 0.509 e. The molecule has 1 aromatic carbocycles. The number of esters is 3. The summed E-state index contributed by atoms with van der Waals surface area (Å²) in [5.41, 5.74) is -1.98. The molecule has 2 aliphatic heterocycles. The maximum absolute atomic E-state index is 13.4. The predicted octanol–water partition coefficient (Wildman–Crippen LogP) is 3.50. The quantitative estimate of drug-likeness (QED) is 0.320. The Morgan fingerprint density at radius 2 is 1.72 bits per heavy atom. The van der Waals surface area contributed by atoms with Crippen LogP contribution < -0.4 is 9.47 Å².